The van der Waals surface area contributed by atoms with Crippen molar-refractivity contribution in [3.05, 3.63) is 86.6 Å². The number of benzene rings is 2. The lowest BCUT2D eigenvalue weighted by molar-refractivity contribution is 0.388. The highest BCUT2D eigenvalue weighted by Crippen LogP contribution is 2.43. The van der Waals surface area contributed by atoms with Gasteiger partial charge in [-0.25, -0.2) is 4.79 Å². The fraction of sp³-hybridized carbons (Fsp3) is 0.0526. The zero-order valence-electron chi connectivity index (χ0n) is 12.8. The number of hydrogen-bond donors (Lipinski definition) is 1. The van der Waals surface area contributed by atoms with Gasteiger partial charge in [0.25, 0.3) is 0 Å². The quantitative estimate of drug-likeness (QED) is 0.676. The summed E-state index contributed by atoms with van der Waals surface area (Å²) >= 11 is 6.09. The molecule has 0 spiro atoms. The molecule has 2 aromatic carbocycles. The Morgan fingerprint density at radius 3 is 2.72 bits per heavy atom. The highest BCUT2D eigenvalue weighted by molar-refractivity contribution is 6.30. The highest BCUT2D eigenvalue weighted by atomic mass is 35.5. The van der Waals surface area contributed by atoms with Crippen LogP contribution in [0.1, 0.15) is 17.0 Å². The Morgan fingerprint density at radius 2 is 1.96 bits per heavy atom. The number of nitriles is 1. The van der Waals surface area contributed by atoms with E-state index in [2.05, 4.69) is 0 Å². The van der Waals surface area contributed by atoms with Crippen LogP contribution in [0.5, 0.6) is 5.75 Å². The largest absolute Gasteiger partial charge is 0.439 e. The van der Waals surface area contributed by atoms with Gasteiger partial charge in [0.05, 0.1) is 16.9 Å². The number of rotatable bonds is 1. The number of halogens is 1. The molecule has 0 fully saturated rings. The fourth-order valence-corrected chi connectivity index (χ4v) is 3.28. The summed E-state index contributed by atoms with van der Waals surface area (Å²) in [5.74, 6) is -0.419. The molecule has 2 heterocycles. The maximum atomic E-state index is 12.7. The van der Waals surface area contributed by atoms with Crippen molar-refractivity contribution in [3.8, 4) is 11.8 Å². The zero-order valence-corrected chi connectivity index (χ0v) is 13.6. The van der Waals surface area contributed by atoms with E-state index >= 15 is 0 Å². The summed E-state index contributed by atoms with van der Waals surface area (Å²) in [7, 11) is 0. The van der Waals surface area contributed by atoms with Crippen molar-refractivity contribution in [2.75, 3.05) is 0 Å². The molecule has 0 saturated carbocycles. The van der Waals surface area contributed by atoms with Crippen molar-refractivity contribution in [1.82, 2.24) is 0 Å². The van der Waals surface area contributed by atoms with Crippen molar-refractivity contribution >= 4 is 22.6 Å². The molecule has 0 radical (unpaired) electrons. The summed E-state index contributed by atoms with van der Waals surface area (Å²) < 4.78 is 11.1. The molecule has 0 unspecified atom stereocenters. The lowest BCUT2D eigenvalue weighted by atomic mass is 9.84. The second-order valence-corrected chi connectivity index (χ2v) is 6.04. The Labute approximate surface area is 147 Å². The predicted molar refractivity (Wildman–Crippen MR) is 93.2 cm³/mol. The minimum absolute atomic E-state index is 0.0317. The number of para-hydroxylation sites is 1. The summed E-state index contributed by atoms with van der Waals surface area (Å²) in [4.78, 5) is 12.7. The van der Waals surface area contributed by atoms with Gasteiger partial charge in [0.1, 0.15) is 17.2 Å². The van der Waals surface area contributed by atoms with Crippen LogP contribution in [0.3, 0.4) is 0 Å². The first-order chi connectivity index (χ1) is 12.1. The molecule has 6 heteroatoms. The molecular weight excluding hydrogens is 340 g/mol. The minimum Gasteiger partial charge on any atom is -0.439 e. The Bertz CT molecular complexity index is 1140. The molecule has 0 aliphatic carbocycles. The van der Waals surface area contributed by atoms with E-state index in [0.29, 0.717) is 27.3 Å². The molecule has 1 atom stereocenters. The van der Waals surface area contributed by atoms with Crippen molar-refractivity contribution in [2.45, 2.75) is 5.92 Å². The number of fused-ring (bicyclic) bond motifs is 3. The second kappa shape index (κ2) is 5.69. The Morgan fingerprint density at radius 1 is 1.16 bits per heavy atom. The van der Waals surface area contributed by atoms with Crippen LogP contribution in [0, 0.1) is 11.3 Å². The summed E-state index contributed by atoms with van der Waals surface area (Å²) in [5.41, 5.74) is 6.86. The van der Waals surface area contributed by atoms with E-state index in [4.69, 9.17) is 26.5 Å². The maximum Gasteiger partial charge on any atom is 0.344 e. The molecule has 0 saturated heterocycles. The summed E-state index contributed by atoms with van der Waals surface area (Å²) in [6, 6.07) is 16.0. The number of ether oxygens (including phenoxy) is 1. The van der Waals surface area contributed by atoms with Crippen molar-refractivity contribution in [1.29, 1.82) is 5.26 Å². The van der Waals surface area contributed by atoms with Crippen LogP contribution in [0.25, 0.3) is 11.0 Å². The molecular formula is C19H11ClN2O3. The molecule has 25 heavy (non-hydrogen) atoms. The number of nitrogens with two attached hydrogens (primary N) is 1. The standard InChI is InChI=1S/C19H11ClN2O3/c20-11-5-3-4-10(8-11)15-13(9-21)18(22)25-17-12-6-1-2-7-14(12)24-19(23)16(15)17/h1-8,15H,22H2/t15-/m1/s1. The summed E-state index contributed by atoms with van der Waals surface area (Å²) in [6.07, 6.45) is 0. The smallest absolute Gasteiger partial charge is 0.344 e. The predicted octanol–water partition coefficient (Wildman–Crippen LogP) is 3.66. The van der Waals surface area contributed by atoms with E-state index < -0.39 is 11.5 Å². The normalized spacial score (nSPS) is 16.2. The molecule has 0 amide bonds. The lowest BCUT2D eigenvalue weighted by Crippen LogP contribution is -2.26. The highest BCUT2D eigenvalue weighted by Gasteiger charge is 2.35. The molecule has 5 nitrogen and oxygen atoms in total. The third kappa shape index (κ3) is 2.35. The fourth-order valence-electron chi connectivity index (χ4n) is 3.09. The average molecular weight is 351 g/mol. The Kier molecular flexibility index (Phi) is 3.48. The van der Waals surface area contributed by atoms with E-state index in [-0.39, 0.29) is 17.0 Å². The molecule has 4 rings (SSSR count). The second-order valence-electron chi connectivity index (χ2n) is 5.61. The first kappa shape index (κ1) is 15.3. The topological polar surface area (TPSA) is 89.3 Å². The van der Waals surface area contributed by atoms with Gasteiger partial charge in [0, 0.05) is 5.02 Å². The van der Waals surface area contributed by atoms with Crippen molar-refractivity contribution in [2.24, 2.45) is 5.73 Å². The van der Waals surface area contributed by atoms with Gasteiger partial charge in [-0.2, -0.15) is 5.26 Å². The summed E-state index contributed by atoms with van der Waals surface area (Å²) in [5, 5.41) is 10.7. The number of hydrogen-bond acceptors (Lipinski definition) is 5. The van der Waals surface area contributed by atoms with Crippen LogP contribution < -0.4 is 16.1 Å². The third-order valence-corrected chi connectivity index (χ3v) is 4.39. The molecule has 0 bridgehead atoms. The SMILES string of the molecule is N#CC1=C(N)Oc2c(c(=O)oc3ccccc23)[C@@H]1c1cccc(Cl)c1. The van der Waals surface area contributed by atoms with Gasteiger partial charge < -0.3 is 14.9 Å². The summed E-state index contributed by atoms with van der Waals surface area (Å²) in [6.45, 7) is 0. The third-order valence-electron chi connectivity index (χ3n) is 4.16. The average Bonchev–Trinajstić information content (AvgIpc) is 2.60. The Balaban J connectivity index is 2.10. The van der Waals surface area contributed by atoms with Crippen LogP contribution in [-0.2, 0) is 0 Å². The molecule has 1 aliphatic heterocycles. The first-order valence-electron chi connectivity index (χ1n) is 7.49. The van der Waals surface area contributed by atoms with Gasteiger partial charge in [0.15, 0.2) is 5.75 Å². The zero-order chi connectivity index (χ0) is 17.6. The minimum atomic E-state index is -0.701. The van der Waals surface area contributed by atoms with Crippen LogP contribution >= 0.6 is 11.6 Å². The van der Waals surface area contributed by atoms with Crippen LogP contribution in [-0.4, -0.2) is 0 Å². The molecule has 122 valence electrons. The van der Waals surface area contributed by atoms with Crippen molar-refractivity contribution < 1.29 is 9.15 Å². The van der Waals surface area contributed by atoms with Crippen LogP contribution in [0.2, 0.25) is 5.02 Å². The monoisotopic (exact) mass is 350 g/mol. The van der Waals surface area contributed by atoms with Gasteiger partial charge in [-0.3, -0.25) is 0 Å². The van der Waals surface area contributed by atoms with Gasteiger partial charge in [-0.05, 0) is 29.8 Å². The molecule has 2 N–H and O–H groups in total. The van der Waals surface area contributed by atoms with Crippen molar-refractivity contribution in [3.63, 3.8) is 0 Å². The molecule has 1 aliphatic rings. The maximum absolute atomic E-state index is 12.7. The molecule has 1 aromatic heterocycles. The van der Waals surface area contributed by atoms with E-state index in [9.17, 15) is 10.1 Å². The molecule has 3 aromatic rings. The van der Waals surface area contributed by atoms with Gasteiger partial charge >= 0.3 is 5.63 Å². The van der Waals surface area contributed by atoms with E-state index in [1.165, 1.54) is 0 Å². The van der Waals surface area contributed by atoms with Gasteiger partial charge in [-0.15, -0.1) is 0 Å². The van der Waals surface area contributed by atoms with E-state index in [1.807, 2.05) is 6.07 Å². The Hall–Kier alpha value is -3.23. The van der Waals surface area contributed by atoms with Gasteiger partial charge in [-0.1, -0.05) is 35.9 Å². The lowest BCUT2D eigenvalue weighted by Gasteiger charge is -2.26. The van der Waals surface area contributed by atoms with E-state index in [0.717, 1.165) is 0 Å². The van der Waals surface area contributed by atoms with Gasteiger partial charge in [0.2, 0.25) is 5.88 Å². The number of nitrogens with zero attached hydrogens (tertiary/aromatic N) is 1. The number of allylic oxidation sites excluding steroid dienone is 1. The first-order valence-corrected chi connectivity index (χ1v) is 7.86. The van der Waals surface area contributed by atoms with Crippen LogP contribution in [0.4, 0.5) is 0 Å². The van der Waals surface area contributed by atoms with Crippen LogP contribution in [0.15, 0.2) is 69.2 Å². The van der Waals surface area contributed by atoms with E-state index in [1.54, 1.807) is 48.5 Å².